The lowest BCUT2D eigenvalue weighted by Gasteiger charge is -2.09. The van der Waals surface area contributed by atoms with Crippen LogP contribution in [0.15, 0.2) is 24.3 Å². The maximum atomic E-state index is 11.7. The summed E-state index contributed by atoms with van der Waals surface area (Å²) in [5.41, 5.74) is 0.558. The molecule has 0 aromatic heterocycles. The molecule has 3 heteroatoms. The van der Waals surface area contributed by atoms with Crippen LogP contribution in [0, 0.1) is 0 Å². The van der Waals surface area contributed by atoms with Crippen LogP contribution >= 0.6 is 0 Å². The number of hydrogen-bond acceptors (Lipinski definition) is 3. The van der Waals surface area contributed by atoms with Crippen LogP contribution < -0.4 is 4.74 Å². The van der Waals surface area contributed by atoms with Crippen LogP contribution in [0.2, 0.25) is 0 Å². The molecule has 0 unspecified atom stereocenters. The Morgan fingerprint density at radius 1 is 1.18 bits per heavy atom. The highest BCUT2D eigenvalue weighted by atomic mass is 16.5. The van der Waals surface area contributed by atoms with Crippen molar-refractivity contribution in [1.82, 2.24) is 0 Å². The summed E-state index contributed by atoms with van der Waals surface area (Å²) in [4.78, 5) is 22.8. The Balaban J connectivity index is 2.67. The van der Waals surface area contributed by atoms with Gasteiger partial charge in [0.1, 0.15) is 11.5 Å². The first kappa shape index (κ1) is 13.4. The fourth-order valence-corrected chi connectivity index (χ4v) is 1.40. The van der Waals surface area contributed by atoms with Crippen molar-refractivity contribution in [2.24, 2.45) is 0 Å². The van der Waals surface area contributed by atoms with Gasteiger partial charge in [-0.05, 0) is 38.1 Å². The number of carbonyl (C=O) groups excluding carboxylic acids is 2. The molecule has 0 aliphatic heterocycles. The molecule has 3 nitrogen and oxygen atoms in total. The number of benzene rings is 1. The monoisotopic (exact) mass is 234 g/mol. The topological polar surface area (TPSA) is 43.4 Å². The molecule has 0 bridgehead atoms. The van der Waals surface area contributed by atoms with E-state index in [9.17, 15) is 9.59 Å². The van der Waals surface area contributed by atoms with Gasteiger partial charge in [0.2, 0.25) is 0 Å². The van der Waals surface area contributed by atoms with E-state index >= 15 is 0 Å². The molecular formula is C14H18O3. The van der Waals surface area contributed by atoms with Crippen molar-refractivity contribution in [1.29, 1.82) is 0 Å². The predicted molar refractivity (Wildman–Crippen MR) is 66.5 cm³/mol. The van der Waals surface area contributed by atoms with Gasteiger partial charge in [0.15, 0.2) is 5.78 Å². The molecule has 1 aromatic rings. The molecule has 0 atom stereocenters. The third-order valence-electron chi connectivity index (χ3n) is 2.30. The molecule has 0 saturated carbocycles. The third-order valence-corrected chi connectivity index (χ3v) is 2.30. The van der Waals surface area contributed by atoms with Crippen LogP contribution in [0.5, 0.6) is 5.75 Å². The molecule has 0 amide bonds. The van der Waals surface area contributed by atoms with Gasteiger partial charge in [0.25, 0.3) is 0 Å². The lowest BCUT2D eigenvalue weighted by atomic mass is 10.1. The Morgan fingerprint density at radius 3 is 2.24 bits per heavy atom. The zero-order valence-electron chi connectivity index (χ0n) is 10.5. The van der Waals surface area contributed by atoms with Crippen LogP contribution in [0.25, 0.3) is 0 Å². The zero-order valence-corrected chi connectivity index (χ0v) is 10.5. The van der Waals surface area contributed by atoms with Crippen molar-refractivity contribution in [2.75, 3.05) is 0 Å². The lowest BCUT2D eigenvalue weighted by molar-refractivity contribution is -0.117. The maximum absolute atomic E-state index is 11.7. The Hall–Kier alpha value is -1.64. The minimum absolute atomic E-state index is 0.0130. The van der Waals surface area contributed by atoms with Gasteiger partial charge in [-0.25, -0.2) is 0 Å². The van der Waals surface area contributed by atoms with Gasteiger partial charge < -0.3 is 4.74 Å². The number of hydrogen-bond donors (Lipinski definition) is 0. The standard InChI is InChI=1S/C14H18O3/c1-4-12(15)9-14(16)11-5-7-13(8-6-11)17-10(2)3/h5-8,10H,4,9H2,1-3H3. The molecule has 0 saturated heterocycles. The summed E-state index contributed by atoms with van der Waals surface area (Å²) in [6, 6.07) is 6.90. The molecule has 17 heavy (non-hydrogen) atoms. The summed E-state index contributed by atoms with van der Waals surface area (Å²) in [5, 5.41) is 0. The summed E-state index contributed by atoms with van der Waals surface area (Å²) in [6.45, 7) is 5.65. The zero-order chi connectivity index (χ0) is 12.8. The average molecular weight is 234 g/mol. The first-order chi connectivity index (χ1) is 8.02. The van der Waals surface area contributed by atoms with E-state index < -0.39 is 0 Å². The van der Waals surface area contributed by atoms with E-state index in [-0.39, 0.29) is 24.1 Å². The van der Waals surface area contributed by atoms with Gasteiger partial charge in [-0.3, -0.25) is 9.59 Å². The number of ether oxygens (including phenoxy) is 1. The fourth-order valence-electron chi connectivity index (χ4n) is 1.40. The average Bonchev–Trinajstić information content (AvgIpc) is 2.28. The van der Waals surface area contributed by atoms with E-state index in [0.29, 0.717) is 12.0 Å². The summed E-state index contributed by atoms with van der Waals surface area (Å²) >= 11 is 0. The van der Waals surface area contributed by atoms with E-state index in [1.165, 1.54) is 0 Å². The molecule has 0 N–H and O–H groups in total. The molecule has 1 rings (SSSR count). The number of carbonyl (C=O) groups is 2. The molecule has 0 radical (unpaired) electrons. The number of rotatable bonds is 6. The van der Waals surface area contributed by atoms with Crippen molar-refractivity contribution >= 4 is 11.6 Å². The number of ketones is 2. The van der Waals surface area contributed by atoms with Crippen molar-refractivity contribution in [3.63, 3.8) is 0 Å². The van der Waals surface area contributed by atoms with Crippen LogP contribution in [0.1, 0.15) is 44.0 Å². The molecule has 92 valence electrons. The van der Waals surface area contributed by atoms with E-state index in [0.717, 1.165) is 5.75 Å². The van der Waals surface area contributed by atoms with Crippen molar-refractivity contribution in [2.45, 2.75) is 39.7 Å². The molecule has 0 aliphatic carbocycles. The molecule has 0 heterocycles. The highest BCUT2D eigenvalue weighted by Gasteiger charge is 2.10. The Morgan fingerprint density at radius 2 is 1.76 bits per heavy atom. The second-order valence-electron chi connectivity index (χ2n) is 4.18. The summed E-state index contributed by atoms with van der Waals surface area (Å²) in [7, 11) is 0. The molecule has 0 spiro atoms. The highest BCUT2D eigenvalue weighted by molar-refractivity contribution is 6.07. The fraction of sp³-hybridized carbons (Fsp3) is 0.429. The second kappa shape index (κ2) is 6.18. The van der Waals surface area contributed by atoms with E-state index in [1.807, 2.05) is 13.8 Å². The SMILES string of the molecule is CCC(=O)CC(=O)c1ccc(OC(C)C)cc1. The van der Waals surface area contributed by atoms with Crippen LogP contribution in [-0.4, -0.2) is 17.7 Å². The second-order valence-corrected chi connectivity index (χ2v) is 4.18. The van der Waals surface area contributed by atoms with E-state index in [2.05, 4.69) is 0 Å². The highest BCUT2D eigenvalue weighted by Crippen LogP contribution is 2.15. The van der Waals surface area contributed by atoms with Gasteiger partial charge in [-0.1, -0.05) is 6.92 Å². The van der Waals surface area contributed by atoms with Crippen LogP contribution in [0.3, 0.4) is 0 Å². The van der Waals surface area contributed by atoms with Gasteiger partial charge in [0, 0.05) is 12.0 Å². The lowest BCUT2D eigenvalue weighted by Crippen LogP contribution is -2.08. The number of Topliss-reactive ketones (excluding diaryl/α,β-unsaturated/α-hetero) is 2. The van der Waals surface area contributed by atoms with Crippen LogP contribution in [0.4, 0.5) is 0 Å². The van der Waals surface area contributed by atoms with E-state index in [4.69, 9.17) is 4.74 Å². The van der Waals surface area contributed by atoms with Crippen molar-refractivity contribution in [3.8, 4) is 5.75 Å². The first-order valence-corrected chi connectivity index (χ1v) is 5.84. The molecule has 1 aromatic carbocycles. The van der Waals surface area contributed by atoms with Crippen molar-refractivity contribution < 1.29 is 14.3 Å². The summed E-state index contributed by atoms with van der Waals surface area (Å²) in [6.07, 6.45) is 0.500. The van der Waals surface area contributed by atoms with Crippen molar-refractivity contribution in [3.05, 3.63) is 29.8 Å². The quantitative estimate of drug-likeness (QED) is 0.561. The Kier molecular flexibility index (Phi) is 4.88. The maximum Gasteiger partial charge on any atom is 0.170 e. The molecule has 0 aliphatic rings. The smallest absolute Gasteiger partial charge is 0.170 e. The van der Waals surface area contributed by atoms with E-state index in [1.54, 1.807) is 31.2 Å². The van der Waals surface area contributed by atoms with Gasteiger partial charge in [-0.2, -0.15) is 0 Å². The van der Waals surface area contributed by atoms with Gasteiger partial charge in [0.05, 0.1) is 12.5 Å². The van der Waals surface area contributed by atoms with Gasteiger partial charge >= 0.3 is 0 Å². The Labute approximate surface area is 102 Å². The summed E-state index contributed by atoms with van der Waals surface area (Å²) in [5.74, 6) is 0.573. The minimum Gasteiger partial charge on any atom is -0.491 e. The predicted octanol–water partition coefficient (Wildman–Crippen LogP) is 3.03. The largest absolute Gasteiger partial charge is 0.491 e. The first-order valence-electron chi connectivity index (χ1n) is 5.84. The third kappa shape index (κ3) is 4.39. The molecular weight excluding hydrogens is 216 g/mol. The normalized spacial score (nSPS) is 10.4. The minimum atomic E-state index is -0.132. The molecule has 0 fully saturated rings. The van der Waals surface area contributed by atoms with Gasteiger partial charge in [-0.15, -0.1) is 0 Å². The Bertz CT molecular complexity index is 390. The van der Waals surface area contributed by atoms with Crippen LogP contribution in [-0.2, 0) is 4.79 Å². The summed E-state index contributed by atoms with van der Waals surface area (Å²) < 4.78 is 5.47.